The molecule has 1 atom stereocenters. The van der Waals surface area contributed by atoms with Crippen LogP contribution in [-0.2, 0) is 39.0 Å². The fourth-order valence-electron chi connectivity index (χ4n) is 3.49. The third-order valence-corrected chi connectivity index (χ3v) is 6.40. The summed E-state index contributed by atoms with van der Waals surface area (Å²) < 4.78 is 65.2. The highest BCUT2D eigenvalue weighted by atomic mass is 32.2. The van der Waals surface area contributed by atoms with Crippen molar-refractivity contribution < 1.29 is 31.2 Å². The predicted molar refractivity (Wildman–Crippen MR) is 136 cm³/mol. The highest BCUT2D eigenvalue weighted by molar-refractivity contribution is 7.92. The van der Waals surface area contributed by atoms with Crippen LogP contribution in [0.25, 0.3) is 0 Å². The third kappa shape index (κ3) is 10.6. The van der Waals surface area contributed by atoms with Crippen LogP contribution in [-0.4, -0.2) is 55.7 Å². The van der Waals surface area contributed by atoms with E-state index in [1.165, 1.54) is 12.3 Å². The van der Waals surface area contributed by atoms with Gasteiger partial charge in [-0.15, -0.1) is 0 Å². The fraction of sp³-hybridized carbons (Fsp3) is 0.391. The molecule has 0 saturated carbocycles. The number of aryl methyl sites for hydroxylation is 2. The summed E-state index contributed by atoms with van der Waals surface area (Å²) in [6, 6.07) is 9.43. The number of halogens is 3. The second kappa shape index (κ2) is 13.6. The van der Waals surface area contributed by atoms with Crippen LogP contribution in [0.1, 0.15) is 24.0 Å². The Balaban J connectivity index is 2.25. The molecular formula is C23H29F3N6O5S. The maximum Gasteiger partial charge on any atom is 0.404 e. The van der Waals surface area contributed by atoms with Gasteiger partial charge in [0.05, 0.1) is 6.04 Å². The van der Waals surface area contributed by atoms with Crippen LogP contribution < -0.4 is 27.1 Å². The van der Waals surface area contributed by atoms with Crippen molar-refractivity contribution in [2.75, 3.05) is 17.0 Å². The monoisotopic (exact) mass is 558 g/mol. The fourth-order valence-corrected chi connectivity index (χ4v) is 4.52. The number of nitrogens with zero attached hydrogens (tertiary/aromatic N) is 2. The molecule has 11 nitrogen and oxygen atoms in total. The van der Waals surface area contributed by atoms with Crippen LogP contribution in [0.3, 0.4) is 0 Å². The summed E-state index contributed by atoms with van der Waals surface area (Å²) >= 11 is 0. The van der Waals surface area contributed by atoms with Gasteiger partial charge in [0, 0.05) is 12.7 Å². The third-order valence-electron chi connectivity index (χ3n) is 5.18. The van der Waals surface area contributed by atoms with E-state index in [4.69, 9.17) is 11.5 Å². The minimum absolute atomic E-state index is 0.120. The molecule has 0 aliphatic heterocycles. The van der Waals surface area contributed by atoms with Crippen molar-refractivity contribution in [3.05, 3.63) is 64.1 Å². The van der Waals surface area contributed by atoms with Crippen LogP contribution in [0.15, 0.2) is 52.4 Å². The van der Waals surface area contributed by atoms with E-state index in [9.17, 15) is 36.0 Å². The van der Waals surface area contributed by atoms with E-state index in [2.05, 4.69) is 10.3 Å². The first-order valence-electron chi connectivity index (χ1n) is 11.4. The summed E-state index contributed by atoms with van der Waals surface area (Å²) in [7, 11) is -4.97. The molecule has 0 radical (unpaired) electrons. The number of carbonyl (C=O) groups is 2. The van der Waals surface area contributed by atoms with Crippen molar-refractivity contribution in [3.8, 4) is 0 Å². The van der Waals surface area contributed by atoms with Gasteiger partial charge in [0.2, 0.25) is 15.9 Å². The lowest BCUT2D eigenvalue weighted by atomic mass is 10.0. The van der Waals surface area contributed by atoms with E-state index < -0.39 is 51.7 Å². The largest absolute Gasteiger partial charge is 0.404 e. The number of amides is 1. The number of alkyl halides is 3. The molecule has 1 aromatic heterocycles. The topological polar surface area (TPSA) is 179 Å². The molecule has 38 heavy (non-hydrogen) atoms. The van der Waals surface area contributed by atoms with Crippen LogP contribution in [0, 0.1) is 0 Å². The quantitative estimate of drug-likeness (QED) is 0.114. The van der Waals surface area contributed by atoms with Crippen molar-refractivity contribution in [3.63, 3.8) is 0 Å². The van der Waals surface area contributed by atoms with Gasteiger partial charge in [0.15, 0.2) is 11.7 Å². The molecular weight excluding hydrogens is 529 g/mol. The Morgan fingerprint density at radius 2 is 1.82 bits per heavy atom. The molecule has 208 valence electrons. The lowest BCUT2D eigenvalue weighted by Crippen LogP contribution is -2.40. The van der Waals surface area contributed by atoms with Gasteiger partial charge in [0.25, 0.3) is 5.56 Å². The van der Waals surface area contributed by atoms with Crippen LogP contribution in [0.2, 0.25) is 0 Å². The Morgan fingerprint density at radius 3 is 2.42 bits per heavy atom. The predicted octanol–water partition coefficient (Wildman–Crippen LogP) is 0.675. The number of pyridine rings is 1. The number of aldehydes is 1. The Labute approximate surface area is 217 Å². The Hall–Kier alpha value is -3.88. The first-order chi connectivity index (χ1) is 17.8. The zero-order chi connectivity index (χ0) is 28.3. The number of aliphatic imine (C=N–C) groups is 1. The number of aromatic nitrogens is 1. The molecule has 0 aliphatic rings. The molecule has 0 saturated heterocycles. The molecule has 0 fully saturated rings. The molecule has 1 aromatic carbocycles. The number of benzene rings is 1. The van der Waals surface area contributed by atoms with Gasteiger partial charge in [-0.3, -0.25) is 19.3 Å². The van der Waals surface area contributed by atoms with E-state index >= 15 is 0 Å². The number of hydrogen-bond acceptors (Lipinski definition) is 6. The van der Waals surface area contributed by atoms with E-state index in [1.807, 2.05) is 0 Å². The van der Waals surface area contributed by atoms with Gasteiger partial charge in [0.1, 0.15) is 18.5 Å². The van der Waals surface area contributed by atoms with Gasteiger partial charge in [-0.05, 0) is 42.9 Å². The second-order valence-electron chi connectivity index (χ2n) is 8.37. The van der Waals surface area contributed by atoms with Crippen molar-refractivity contribution in [1.29, 1.82) is 0 Å². The average molecular weight is 559 g/mol. The Bertz CT molecular complexity index is 1290. The summed E-state index contributed by atoms with van der Waals surface area (Å²) in [5.41, 5.74) is 9.87. The number of carbonyl (C=O) groups excluding carboxylic acids is 2. The van der Waals surface area contributed by atoms with Crippen molar-refractivity contribution >= 4 is 33.9 Å². The van der Waals surface area contributed by atoms with Crippen molar-refractivity contribution in [2.45, 2.75) is 44.4 Å². The molecule has 0 aliphatic carbocycles. The number of anilines is 1. The van der Waals surface area contributed by atoms with Crippen LogP contribution in [0.5, 0.6) is 0 Å². The SMILES string of the molecule is NC(N)=NCCC[C@@H](C=O)NC(=O)Cn1ccc(CCc2ccccc2)c(NS(=O)(=O)CC(F)(F)F)c1=O. The lowest BCUT2D eigenvalue weighted by molar-refractivity contribution is -0.124. The van der Waals surface area contributed by atoms with E-state index in [-0.39, 0.29) is 30.9 Å². The maximum absolute atomic E-state index is 13.1. The zero-order valence-corrected chi connectivity index (χ0v) is 21.1. The smallest absolute Gasteiger partial charge is 0.370 e. The molecule has 15 heteroatoms. The van der Waals surface area contributed by atoms with E-state index in [0.717, 1.165) is 10.1 Å². The van der Waals surface area contributed by atoms with Crippen molar-refractivity contribution in [2.24, 2.45) is 16.5 Å². The van der Waals surface area contributed by atoms with Crippen molar-refractivity contribution in [1.82, 2.24) is 9.88 Å². The second-order valence-corrected chi connectivity index (χ2v) is 10.1. The average Bonchev–Trinajstić information content (AvgIpc) is 2.81. The summed E-state index contributed by atoms with van der Waals surface area (Å²) in [5, 5.41) is 2.43. The maximum atomic E-state index is 13.1. The summed E-state index contributed by atoms with van der Waals surface area (Å²) in [6.45, 7) is -0.377. The first kappa shape index (κ1) is 30.3. The molecule has 0 bridgehead atoms. The summed E-state index contributed by atoms with van der Waals surface area (Å²) in [6.07, 6.45) is -2.20. The van der Waals surface area contributed by atoms with E-state index in [1.54, 1.807) is 35.1 Å². The van der Waals surface area contributed by atoms with Crippen LogP contribution in [0.4, 0.5) is 18.9 Å². The zero-order valence-electron chi connectivity index (χ0n) is 20.3. The number of sulfonamides is 1. The number of nitrogens with one attached hydrogen (secondary N) is 2. The molecule has 0 unspecified atom stereocenters. The highest BCUT2D eigenvalue weighted by Gasteiger charge is 2.36. The van der Waals surface area contributed by atoms with Gasteiger partial charge in [-0.2, -0.15) is 13.2 Å². The Kier molecular flexibility index (Phi) is 10.9. The molecule has 0 spiro atoms. The summed E-state index contributed by atoms with van der Waals surface area (Å²) in [4.78, 5) is 40.6. The number of rotatable bonds is 14. The highest BCUT2D eigenvalue weighted by Crippen LogP contribution is 2.21. The first-order valence-corrected chi connectivity index (χ1v) is 13.1. The molecule has 2 aromatic rings. The normalized spacial score (nSPS) is 12.4. The number of nitrogens with two attached hydrogens (primary N) is 2. The molecule has 1 heterocycles. The van der Waals surface area contributed by atoms with E-state index in [0.29, 0.717) is 19.1 Å². The van der Waals surface area contributed by atoms with Crippen LogP contribution >= 0.6 is 0 Å². The molecule has 1 amide bonds. The van der Waals surface area contributed by atoms with Gasteiger partial charge in [-0.25, -0.2) is 8.42 Å². The number of guanidine groups is 1. The molecule has 6 N–H and O–H groups in total. The van der Waals surface area contributed by atoms with Gasteiger partial charge in [-0.1, -0.05) is 30.3 Å². The minimum atomic E-state index is -5.03. The minimum Gasteiger partial charge on any atom is -0.370 e. The Morgan fingerprint density at radius 1 is 1.13 bits per heavy atom. The standard InChI is InChI=1S/C23H29F3N6O5S/c24-23(25,26)15-38(36,37)31-20-17(9-8-16-5-2-1-3-6-16)10-12-32(21(20)35)13-19(34)30-18(14-33)7-4-11-29-22(27)28/h1-3,5-6,10,12,14,18,31H,4,7-9,11,13,15H2,(H,30,34)(H4,27,28,29)/t18-/m0/s1. The summed E-state index contributed by atoms with van der Waals surface area (Å²) in [5.74, 6) is -3.05. The van der Waals surface area contributed by atoms with Gasteiger partial charge < -0.3 is 26.1 Å². The van der Waals surface area contributed by atoms with Gasteiger partial charge >= 0.3 is 6.18 Å². The number of hydrogen-bond donors (Lipinski definition) is 4. The molecule has 2 rings (SSSR count). The lowest BCUT2D eigenvalue weighted by Gasteiger charge is -2.17.